The first kappa shape index (κ1) is 23.8. The van der Waals surface area contributed by atoms with Gasteiger partial charge < -0.3 is 5.11 Å². The minimum absolute atomic E-state index is 0.368. The van der Waals surface area contributed by atoms with E-state index in [0.717, 1.165) is 21.9 Å². The maximum atomic E-state index is 12.7. The summed E-state index contributed by atoms with van der Waals surface area (Å²) in [5.41, 5.74) is 2.02. The van der Waals surface area contributed by atoms with Gasteiger partial charge in [0.2, 0.25) is 0 Å². The van der Waals surface area contributed by atoms with Gasteiger partial charge in [-0.2, -0.15) is 0 Å². The largest absolute Gasteiger partial charge is 0.507 e. The second-order valence-corrected chi connectivity index (χ2v) is 14.5. The molecule has 0 aliphatic carbocycles. The lowest BCUT2D eigenvalue weighted by atomic mass is 9.78. The van der Waals surface area contributed by atoms with E-state index in [1.165, 1.54) is 118 Å². The van der Waals surface area contributed by atoms with Crippen LogP contribution in [-0.2, 0) is 0 Å². The van der Waals surface area contributed by atoms with E-state index in [4.69, 9.17) is 0 Å². The zero-order chi connectivity index (χ0) is 31.4. The summed E-state index contributed by atoms with van der Waals surface area (Å²) in [4.78, 5) is 0. The second kappa shape index (κ2) is 7.49. The van der Waals surface area contributed by atoms with Crippen LogP contribution >= 0.6 is 0 Å². The number of aromatic hydroxyl groups is 1. The molecular formula is C48H22O. The van der Waals surface area contributed by atoms with Crippen LogP contribution in [0.3, 0.4) is 0 Å². The second-order valence-electron chi connectivity index (χ2n) is 14.5. The number of rotatable bonds is 1. The maximum Gasteiger partial charge on any atom is 0.131 e. The Morgan fingerprint density at radius 2 is 0.510 bits per heavy atom. The predicted octanol–water partition coefficient (Wildman–Crippen LogP) is 13.5. The molecule has 220 valence electrons. The number of hydrogen-bond donors (Lipinski definition) is 1. The van der Waals surface area contributed by atoms with Crippen LogP contribution < -0.4 is 0 Å². The lowest BCUT2D eigenvalue weighted by Crippen LogP contribution is -1.96. The lowest BCUT2D eigenvalue weighted by Gasteiger charge is -2.25. The molecule has 0 saturated carbocycles. The molecule has 14 rings (SSSR count). The van der Waals surface area contributed by atoms with E-state index in [2.05, 4.69) is 127 Å². The first-order valence-corrected chi connectivity index (χ1v) is 17.2. The molecule has 0 amide bonds. The molecule has 0 radical (unpaired) electrons. The van der Waals surface area contributed by atoms with Gasteiger partial charge in [0.25, 0.3) is 0 Å². The summed E-state index contributed by atoms with van der Waals surface area (Å²) < 4.78 is 0. The minimum atomic E-state index is 0.368. The summed E-state index contributed by atoms with van der Waals surface area (Å²) in [6, 6.07) is 47.7. The van der Waals surface area contributed by atoms with Crippen molar-refractivity contribution in [1.82, 2.24) is 0 Å². The summed E-state index contributed by atoms with van der Waals surface area (Å²) in [7, 11) is 0. The van der Waals surface area contributed by atoms with E-state index in [-0.39, 0.29) is 0 Å². The zero-order valence-electron chi connectivity index (χ0n) is 26.1. The highest BCUT2D eigenvalue weighted by atomic mass is 16.3. The van der Waals surface area contributed by atoms with Crippen LogP contribution in [0.15, 0.2) is 127 Å². The molecule has 0 aliphatic heterocycles. The molecule has 1 heteroatoms. The molecule has 0 spiro atoms. The fourth-order valence-electron chi connectivity index (χ4n) is 10.5. The fraction of sp³-hybridized carbons (Fsp3) is 0. The SMILES string of the molecule is Oc1c(-c2cc3ccc4ccc5ccc6ccc7ccc2c2c7c6c5c4c32)c2ccc3ccc4ccc5ccc6ccc1c1c6c5c4c3c21. The molecule has 1 nitrogen and oxygen atoms in total. The van der Waals surface area contributed by atoms with Crippen LogP contribution in [0.25, 0.3) is 140 Å². The molecule has 0 aromatic heterocycles. The quantitative estimate of drug-likeness (QED) is 0.144. The van der Waals surface area contributed by atoms with Crippen LogP contribution in [0.4, 0.5) is 0 Å². The van der Waals surface area contributed by atoms with E-state index in [9.17, 15) is 5.11 Å². The van der Waals surface area contributed by atoms with Gasteiger partial charge in [0, 0.05) is 16.3 Å². The van der Waals surface area contributed by atoms with Crippen LogP contribution in [0.2, 0.25) is 0 Å². The number of phenolic OH excluding ortho intramolecular Hbond substituents is 1. The van der Waals surface area contributed by atoms with E-state index >= 15 is 0 Å². The van der Waals surface area contributed by atoms with Crippen molar-refractivity contribution >= 4 is 129 Å². The van der Waals surface area contributed by atoms with Crippen molar-refractivity contribution in [2.24, 2.45) is 0 Å². The highest BCUT2D eigenvalue weighted by Crippen LogP contribution is 2.56. The Morgan fingerprint density at radius 1 is 0.245 bits per heavy atom. The van der Waals surface area contributed by atoms with E-state index in [0.29, 0.717) is 5.75 Å². The van der Waals surface area contributed by atoms with Gasteiger partial charge in [-0.15, -0.1) is 0 Å². The Kier molecular flexibility index (Phi) is 3.64. The van der Waals surface area contributed by atoms with Crippen molar-refractivity contribution in [1.29, 1.82) is 0 Å². The smallest absolute Gasteiger partial charge is 0.131 e. The Balaban J connectivity index is 1.27. The third-order valence-electron chi connectivity index (χ3n) is 12.4. The molecule has 0 heterocycles. The van der Waals surface area contributed by atoms with Crippen molar-refractivity contribution in [2.75, 3.05) is 0 Å². The van der Waals surface area contributed by atoms with Gasteiger partial charge in [0.05, 0.1) is 0 Å². The highest BCUT2D eigenvalue weighted by molar-refractivity contribution is 6.48. The predicted molar refractivity (Wildman–Crippen MR) is 211 cm³/mol. The average Bonchev–Trinajstić information content (AvgIpc) is 3.15. The minimum Gasteiger partial charge on any atom is -0.507 e. The monoisotopic (exact) mass is 614 g/mol. The van der Waals surface area contributed by atoms with Gasteiger partial charge in [-0.3, -0.25) is 0 Å². The first-order chi connectivity index (χ1) is 24.2. The van der Waals surface area contributed by atoms with Crippen molar-refractivity contribution < 1.29 is 5.11 Å². The van der Waals surface area contributed by atoms with E-state index < -0.39 is 0 Å². The van der Waals surface area contributed by atoms with Crippen molar-refractivity contribution in [2.45, 2.75) is 0 Å². The molecule has 14 aromatic rings. The normalized spacial score (nSPS) is 13.4. The highest BCUT2D eigenvalue weighted by Gasteiger charge is 2.27. The number of hydrogen-bond acceptors (Lipinski definition) is 1. The Morgan fingerprint density at radius 3 is 0.939 bits per heavy atom. The molecule has 0 atom stereocenters. The number of phenols is 1. The molecular weight excluding hydrogens is 593 g/mol. The van der Waals surface area contributed by atoms with Gasteiger partial charge in [0.1, 0.15) is 5.75 Å². The Bertz CT molecular complexity index is 3650. The topological polar surface area (TPSA) is 20.2 Å². The molecule has 1 N–H and O–H groups in total. The summed E-state index contributed by atoms with van der Waals surface area (Å²) >= 11 is 0. The van der Waals surface area contributed by atoms with Gasteiger partial charge in [-0.25, -0.2) is 0 Å². The fourth-order valence-corrected chi connectivity index (χ4v) is 10.5. The summed E-state index contributed by atoms with van der Waals surface area (Å²) in [5.74, 6) is 0.368. The average molecular weight is 615 g/mol. The van der Waals surface area contributed by atoms with E-state index in [1.54, 1.807) is 0 Å². The molecule has 0 bridgehead atoms. The van der Waals surface area contributed by atoms with Gasteiger partial charge in [-0.05, 0) is 136 Å². The lowest BCUT2D eigenvalue weighted by molar-refractivity contribution is 0.484. The molecule has 0 aliphatic rings. The van der Waals surface area contributed by atoms with Crippen LogP contribution in [0.1, 0.15) is 0 Å². The van der Waals surface area contributed by atoms with E-state index in [1.807, 2.05) is 0 Å². The van der Waals surface area contributed by atoms with Crippen molar-refractivity contribution in [3.8, 4) is 16.9 Å². The molecule has 0 saturated heterocycles. The molecule has 0 fully saturated rings. The summed E-state index contributed by atoms with van der Waals surface area (Å²) in [6.07, 6.45) is 0. The first-order valence-electron chi connectivity index (χ1n) is 17.2. The summed E-state index contributed by atoms with van der Waals surface area (Å²) in [5, 5.41) is 42.9. The molecule has 49 heavy (non-hydrogen) atoms. The standard InChI is InChI=1S/C48H22O/c49-48-33-20-17-29-12-9-25-5-4-24-8-11-28-16-19-32(46-41(28)37(24)38(25)42(29)47(33)46)44(48)34-21-30-14-13-26-6-2-22-1-3-23-7-10-27-15-18-31(34)45-40(27)36(23)35(22)39(26)43(30)45/h1-21,49H. The summed E-state index contributed by atoms with van der Waals surface area (Å²) in [6.45, 7) is 0. The van der Waals surface area contributed by atoms with Crippen molar-refractivity contribution in [3.63, 3.8) is 0 Å². The van der Waals surface area contributed by atoms with Gasteiger partial charge >= 0.3 is 0 Å². The van der Waals surface area contributed by atoms with Gasteiger partial charge in [0.15, 0.2) is 0 Å². The van der Waals surface area contributed by atoms with Crippen LogP contribution in [0.5, 0.6) is 5.75 Å². The third-order valence-corrected chi connectivity index (χ3v) is 12.4. The maximum absolute atomic E-state index is 12.7. The zero-order valence-corrected chi connectivity index (χ0v) is 26.1. The number of benzene rings is 14. The molecule has 0 unspecified atom stereocenters. The molecule has 14 aromatic carbocycles. The third kappa shape index (κ3) is 2.43. The Labute approximate surface area is 277 Å². The van der Waals surface area contributed by atoms with Crippen LogP contribution in [0, 0.1) is 0 Å². The van der Waals surface area contributed by atoms with Gasteiger partial charge in [-0.1, -0.05) is 115 Å². The van der Waals surface area contributed by atoms with Crippen LogP contribution in [-0.4, -0.2) is 5.11 Å². The Hall–Kier alpha value is -6.44. The van der Waals surface area contributed by atoms with Crippen molar-refractivity contribution in [3.05, 3.63) is 127 Å².